The Kier molecular flexibility index (Phi) is 10.7. The molecule has 0 fully saturated rings. The first-order valence-electron chi connectivity index (χ1n) is 29.0. The van der Waals surface area contributed by atoms with Crippen molar-refractivity contribution < 1.29 is 0 Å². The molecule has 0 N–H and O–H groups in total. The molecule has 8 aromatic rings. The largest absolute Gasteiger partial charge is 0.311 e. The zero-order valence-electron chi connectivity index (χ0n) is 49.8. The second-order valence-electron chi connectivity index (χ2n) is 29.5. The topological polar surface area (TPSA) is 9.72 Å². The molecule has 4 bridgehead atoms. The minimum absolute atomic E-state index is 0.0225. The van der Waals surface area contributed by atoms with Crippen molar-refractivity contribution >= 4 is 74.3 Å². The molecule has 3 aliphatic heterocycles. The Morgan fingerprint density at radius 3 is 1.56 bits per heavy atom. The third-order valence-corrected chi connectivity index (χ3v) is 19.2. The Morgan fingerprint density at radius 1 is 0.410 bits per heavy atom. The molecular formula is C74H80BN3. The van der Waals surface area contributed by atoms with Gasteiger partial charge in [0.2, 0.25) is 0 Å². The molecule has 2 aliphatic carbocycles. The number of rotatable bonds is 4. The first-order valence-corrected chi connectivity index (χ1v) is 29.0. The van der Waals surface area contributed by atoms with Gasteiger partial charge in [0, 0.05) is 56.5 Å². The van der Waals surface area contributed by atoms with Crippen LogP contribution < -0.4 is 31.1 Å². The van der Waals surface area contributed by atoms with Gasteiger partial charge < -0.3 is 14.7 Å². The molecule has 0 aromatic heterocycles. The standard InChI is InChI=1S/C74H80BN3/c1-45-28-29-48(69(5,6)7)37-61(45)78-62-40-52(76(50-24-20-18-21-25-50)51-26-22-19-23-27-51)31-32-58(62)75-59-41-54-55-42-63(59)77(64-38-49(70(8,9)10)39-65(78)67(64)75)60-33-30-47(68(2,3)4)36-53(60)46-34-56-66(73(15,16)43-71(56,11)12)57(35-46)74(55,17)44-72(54,13)14/h18-42H,43-44H2,1-17H3. The van der Waals surface area contributed by atoms with Crippen molar-refractivity contribution in [2.75, 3.05) is 14.7 Å². The van der Waals surface area contributed by atoms with Gasteiger partial charge >= 0.3 is 0 Å². The van der Waals surface area contributed by atoms with Gasteiger partial charge in [0.15, 0.2) is 0 Å². The summed E-state index contributed by atoms with van der Waals surface area (Å²) in [6.45, 7) is 41.4. The fraction of sp³-hybridized carbons (Fsp3) is 0.351. The predicted octanol–water partition coefficient (Wildman–Crippen LogP) is 18.4. The van der Waals surface area contributed by atoms with Crippen molar-refractivity contribution in [2.45, 2.75) is 168 Å². The van der Waals surface area contributed by atoms with Gasteiger partial charge in [0.25, 0.3) is 6.71 Å². The Hall–Kier alpha value is -6.78. The SMILES string of the molecule is Cc1ccc(C(C)(C)C)cc1N1c2cc(N(c3ccccc3)c3ccccc3)ccc2B2c3cc4c5cc3N(c3ccc(C(C)(C)C)cc3-c3cc6c(c(c3)C5(C)CC4(C)C)C(C)(C)CC6(C)C)c3cc(C(C)(C)C)cc1c32. The fourth-order valence-corrected chi connectivity index (χ4v) is 15.6. The third-order valence-electron chi connectivity index (χ3n) is 19.2. The number of anilines is 9. The van der Waals surface area contributed by atoms with Gasteiger partial charge in [-0.1, -0.05) is 184 Å². The van der Waals surface area contributed by atoms with E-state index in [1.54, 1.807) is 5.56 Å². The van der Waals surface area contributed by atoms with Crippen molar-refractivity contribution in [3.05, 3.63) is 202 Å². The second-order valence-corrected chi connectivity index (χ2v) is 29.5. The van der Waals surface area contributed by atoms with Crippen LogP contribution >= 0.6 is 0 Å². The number of hydrogen-bond donors (Lipinski definition) is 0. The summed E-state index contributed by atoms with van der Waals surface area (Å²) >= 11 is 0. The number of nitrogens with zero attached hydrogens (tertiary/aromatic N) is 3. The molecule has 0 saturated carbocycles. The normalized spacial score (nSPS) is 18.8. The van der Waals surface area contributed by atoms with E-state index < -0.39 is 0 Å². The number of aryl methyl sites for hydroxylation is 1. The van der Waals surface area contributed by atoms with Gasteiger partial charge in [-0.05, 0) is 203 Å². The van der Waals surface area contributed by atoms with Gasteiger partial charge in [-0.25, -0.2) is 0 Å². The predicted molar refractivity (Wildman–Crippen MR) is 336 cm³/mol. The average molecular weight is 1020 g/mol. The van der Waals surface area contributed by atoms with E-state index in [1.807, 2.05) is 0 Å². The first-order chi connectivity index (χ1) is 36.6. The molecule has 0 spiro atoms. The van der Waals surface area contributed by atoms with Crippen LogP contribution in [0.3, 0.4) is 0 Å². The van der Waals surface area contributed by atoms with Crippen LogP contribution in [0, 0.1) is 6.92 Å². The molecule has 4 heteroatoms. The van der Waals surface area contributed by atoms with E-state index >= 15 is 0 Å². The van der Waals surface area contributed by atoms with Gasteiger partial charge in [-0.2, -0.15) is 0 Å². The Balaban J connectivity index is 1.20. The van der Waals surface area contributed by atoms with Gasteiger partial charge in [-0.15, -0.1) is 0 Å². The van der Waals surface area contributed by atoms with Crippen molar-refractivity contribution in [1.29, 1.82) is 0 Å². The molecule has 0 amide bonds. The van der Waals surface area contributed by atoms with Crippen LogP contribution in [-0.2, 0) is 37.9 Å². The van der Waals surface area contributed by atoms with Crippen LogP contribution in [0.2, 0.25) is 0 Å². The smallest absolute Gasteiger partial charge is 0.252 e. The van der Waals surface area contributed by atoms with E-state index in [1.165, 1.54) is 106 Å². The van der Waals surface area contributed by atoms with Crippen LogP contribution in [0.15, 0.2) is 152 Å². The summed E-state index contributed by atoms with van der Waals surface area (Å²) in [7, 11) is 0. The zero-order chi connectivity index (χ0) is 55.2. The van der Waals surface area contributed by atoms with Crippen molar-refractivity contribution in [3.8, 4) is 11.1 Å². The molecule has 1 atom stereocenters. The molecule has 78 heavy (non-hydrogen) atoms. The molecule has 0 saturated heterocycles. The van der Waals surface area contributed by atoms with Crippen LogP contribution in [0.1, 0.15) is 174 Å². The maximum absolute atomic E-state index is 2.75. The van der Waals surface area contributed by atoms with E-state index in [-0.39, 0.29) is 44.6 Å². The minimum Gasteiger partial charge on any atom is -0.311 e. The number of fused-ring (bicyclic) bond motifs is 12. The number of para-hydroxylation sites is 2. The molecule has 13 rings (SSSR count). The zero-order valence-corrected chi connectivity index (χ0v) is 49.8. The summed E-state index contributed by atoms with van der Waals surface area (Å²) in [5.74, 6) is 0. The lowest BCUT2D eigenvalue weighted by Crippen LogP contribution is -2.61. The molecule has 8 aromatic carbocycles. The van der Waals surface area contributed by atoms with Crippen molar-refractivity contribution in [1.82, 2.24) is 0 Å². The van der Waals surface area contributed by atoms with E-state index in [0.717, 1.165) is 29.9 Å². The van der Waals surface area contributed by atoms with Crippen LogP contribution in [0.4, 0.5) is 51.2 Å². The van der Waals surface area contributed by atoms with Gasteiger partial charge in [0.1, 0.15) is 0 Å². The molecule has 394 valence electrons. The number of benzene rings is 8. The maximum Gasteiger partial charge on any atom is 0.252 e. The molecule has 3 heterocycles. The van der Waals surface area contributed by atoms with E-state index in [4.69, 9.17) is 0 Å². The van der Waals surface area contributed by atoms with Crippen LogP contribution in [0.25, 0.3) is 11.1 Å². The maximum atomic E-state index is 2.75. The summed E-state index contributed by atoms with van der Waals surface area (Å²) in [5, 5.41) is 0. The highest BCUT2D eigenvalue weighted by molar-refractivity contribution is 7.00. The highest BCUT2D eigenvalue weighted by Gasteiger charge is 2.54. The van der Waals surface area contributed by atoms with Crippen LogP contribution in [-0.4, -0.2) is 6.71 Å². The lowest BCUT2D eigenvalue weighted by molar-refractivity contribution is 0.392. The van der Waals surface area contributed by atoms with E-state index in [9.17, 15) is 0 Å². The molecule has 1 unspecified atom stereocenters. The second kappa shape index (κ2) is 16.4. The van der Waals surface area contributed by atoms with E-state index in [2.05, 4.69) is 284 Å². The summed E-state index contributed by atoms with van der Waals surface area (Å²) in [6.07, 6.45) is 2.17. The highest BCUT2D eigenvalue weighted by Crippen LogP contribution is 2.62. The summed E-state index contributed by atoms with van der Waals surface area (Å²) in [6, 6.07) is 59.9. The Labute approximate surface area is 467 Å². The summed E-state index contributed by atoms with van der Waals surface area (Å²) in [4.78, 5) is 7.87. The quantitative estimate of drug-likeness (QED) is 0.163. The molecule has 0 radical (unpaired) electrons. The monoisotopic (exact) mass is 1020 g/mol. The lowest BCUT2D eigenvalue weighted by Gasteiger charge is -2.47. The molecule has 3 nitrogen and oxygen atoms in total. The molecule has 5 aliphatic rings. The highest BCUT2D eigenvalue weighted by atomic mass is 15.2. The Bertz CT molecular complexity index is 3780. The van der Waals surface area contributed by atoms with Crippen LogP contribution in [0.5, 0.6) is 0 Å². The van der Waals surface area contributed by atoms with Gasteiger partial charge in [0.05, 0.1) is 5.69 Å². The number of hydrogen-bond acceptors (Lipinski definition) is 3. The summed E-state index contributed by atoms with van der Waals surface area (Å²) in [5.41, 5.74) is 30.0. The lowest BCUT2D eigenvalue weighted by atomic mass is 9.33. The summed E-state index contributed by atoms with van der Waals surface area (Å²) < 4.78 is 0. The fourth-order valence-electron chi connectivity index (χ4n) is 15.6. The first kappa shape index (κ1) is 50.7. The average Bonchev–Trinajstić information content (AvgIpc) is 2.28. The minimum atomic E-state index is -0.223. The Morgan fingerprint density at radius 2 is 0.949 bits per heavy atom. The van der Waals surface area contributed by atoms with Crippen molar-refractivity contribution in [2.24, 2.45) is 0 Å². The molecular weight excluding hydrogens is 942 g/mol. The third kappa shape index (κ3) is 7.43. The van der Waals surface area contributed by atoms with Crippen molar-refractivity contribution in [3.63, 3.8) is 0 Å². The van der Waals surface area contributed by atoms with Gasteiger partial charge in [-0.3, -0.25) is 0 Å². The van der Waals surface area contributed by atoms with E-state index in [0.29, 0.717) is 0 Å².